The van der Waals surface area contributed by atoms with Crippen molar-refractivity contribution in [1.82, 2.24) is 0 Å². The molecule has 1 atom stereocenters. The van der Waals surface area contributed by atoms with Crippen LogP contribution < -0.4 is 0 Å². The van der Waals surface area contributed by atoms with E-state index < -0.39 is 5.62 Å². The van der Waals surface area contributed by atoms with Crippen LogP contribution in [0.1, 0.15) is 0 Å². The quantitative estimate of drug-likeness (QED) is 0.405. The van der Waals surface area contributed by atoms with E-state index in [9.17, 15) is 0 Å². The second-order valence-corrected chi connectivity index (χ2v) is 2.41. The van der Waals surface area contributed by atoms with Gasteiger partial charge in [0.2, 0.25) is 5.62 Å². The van der Waals surface area contributed by atoms with Gasteiger partial charge in [0.15, 0.2) is 5.17 Å². The van der Waals surface area contributed by atoms with E-state index in [1.807, 2.05) is 0 Å². The summed E-state index contributed by atoms with van der Waals surface area (Å²) >= 11 is 16.3. The molecule has 2 nitrogen and oxygen atoms in total. The van der Waals surface area contributed by atoms with Crippen molar-refractivity contribution in [2.75, 3.05) is 0 Å². The monoisotopic (exact) mass is 182 g/mol. The Hall–Kier alpha value is -0.0100. The predicted molar refractivity (Wildman–Crippen MR) is 39.7 cm³/mol. The number of allylic oxidation sites excluding steroid dienone is 1. The first-order chi connectivity index (χ1) is 4.20. The summed E-state index contributed by atoms with van der Waals surface area (Å²) in [6.45, 7) is 0. The normalized spacial score (nSPS) is 25.4. The van der Waals surface area contributed by atoms with E-state index in [4.69, 9.17) is 34.8 Å². The maximum Gasteiger partial charge on any atom is 0.224 e. The number of nitrogens with zero attached hydrogens (tertiary/aromatic N) is 2. The van der Waals surface area contributed by atoms with Crippen molar-refractivity contribution in [3.05, 3.63) is 5.03 Å². The summed E-state index contributed by atoms with van der Waals surface area (Å²) in [5, 5.41) is 0.361. The average molecular weight is 183 g/mol. The molecule has 0 fully saturated rings. The minimum absolute atomic E-state index is 0.159. The molecule has 48 valence electrons. The van der Waals surface area contributed by atoms with Crippen molar-refractivity contribution in [1.29, 1.82) is 0 Å². The van der Waals surface area contributed by atoms with E-state index in [1.54, 1.807) is 0 Å². The van der Waals surface area contributed by atoms with Crippen LogP contribution in [0, 0.1) is 0 Å². The molecule has 0 aromatic carbocycles. The standard InChI is InChI=1S/C4HCl3N2/c5-2-1-8-4(7)9-3(2)6/h4H. The SMILES string of the molecule is ClC1=C=NC(Cl)N=C1Cl. The molecule has 1 rings (SSSR count). The lowest BCUT2D eigenvalue weighted by Crippen LogP contribution is -2.00. The highest BCUT2D eigenvalue weighted by atomic mass is 35.5. The Labute approximate surface area is 66.8 Å². The van der Waals surface area contributed by atoms with E-state index in [0.29, 0.717) is 0 Å². The fourth-order valence-corrected chi connectivity index (χ4v) is 0.764. The van der Waals surface area contributed by atoms with Gasteiger partial charge in [-0.05, 0) is 0 Å². The summed E-state index contributed by atoms with van der Waals surface area (Å²) in [5.74, 6) is 2.39. The van der Waals surface area contributed by atoms with Crippen LogP contribution in [0.5, 0.6) is 0 Å². The molecule has 0 amide bonds. The van der Waals surface area contributed by atoms with Crippen molar-refractivity contribution in [2.45, 2.75) is 5.62 Å². The van der Waals surface area contributed by atoms with Gasteiger partial charge in [-0.2, -0.15) is 4.99 Å². The zero-order chi connectivity index (χ0) is 6.85. The van der Waals surface area contributed by atoms with Gasteiger partial charge >= 0.3 is 0 Å². The number of rotatable bonds is 0. The summed E-state index contributed by atoms with van der Waals surface area (Å²) in [4.78, 5) is 7.15. The number of hydrogen-bond acceptors (Lipinski definition) is 2. The predicted octanol–water partition coefficient (Wildman–Crippen LogP) is 1.95. The van der Waals surface area contributed by atoms with Gasteiger partial charge in [-0.3, -0.25) is 0 Å². The lowest BCUT2D eigenvalue weighted by atomic mass is 10.6. The topological polar surface area (TPSA) is 24.7 Å². The van der Waals surface area contributed by atoms with Gasteiger partial charge < -0.3 is 0 Å². The minimum Gasteiger partial charge on any atom is -0.228 e. The Morgan fingerprint density at radius 2 is 2.11 bits per heavy atom. The molecule has 1 aliphatic rings. The Kier molecular flexibility index (Phi) is 2.14. The number of alkyl halides is 1. The molecular formula is C4HCl3N2. The van der Waals surface area contributed by atoms with Crippen molar-refractivity contribution >= 4 is 45.8 Å². The smallest absolute Gasteiger partial charge is 0.224 e. The first kappa shape index (κ1) is 7.10. The highest BCUT2D eigenvalue weighted by Crippen LogP contribution is 2.12. The highest BCUT2D eigenvalue weighted by Gasteiger charge is 2.07. The molecule has 0 aromatic rings. The zero-order valence-corrected chi connectivity index (χ0v) is 6.37. The molecule has 0 bridgehead atoms. The Morgan fingerprint density at radius 3 is 2.56 bits per heavy atom. The van der Waals surface area contributed by atoms with Gasteiger partial charge in [-0.15, -0.1) is 0 Å². The first-order valence-corrected chi connectivity index (χ1v) is 3.25. The average Bonchev–Trinajstić information content (AvgIpc) is 1.80. The number of aliphatic imine (C=N–C) groups is 2. The van der Waals surface area contributed by atoms with Gasteiger partial charge in [0, 0.05) is 5.87 Å². The van der Waals surface area contributed by atoms with Crippen LogP contribution in [0.2, 0.25) is 0 Å². The first-order valence-electron chi connectivity index (χ1n) is 2.06. The maximum absolute atomic E-state index is 5.44. The summed E-state index contributed by atoms with van der Waals surface area (Å²) in [5.41, 5.74) is -0.667. The number of halogens is 3. The van der Waals surface area contributed by atoms with Crippen LogP contribution in [-0.4, -0.2) is 16.7 Å². The van der Waals surface area contributed by atoms with E-state index in [0.717, 1.165) is 0 Å². The fourth-order valence-electron chi connectivity index (χ4n) is 0.335. The van der Waals surface area contributed by atoms with Crippen molar-refractivity contribution in [3.63, 3.8) is 0 Å². The van der Waals surface area contributed by atoms with E-state index >= 15 is 0 Å². The van der Waals surface area contributed by atoms with Gasteiger partial charge in [0.25, 0.3) is 0 Å². The van der Waals surface area contributed by atoms with Gasteiger partial charge in [-0.25, -0.2) is 4.99 Å². The largest absolute Gasteiger partial charge is 0.228 e. The minimum atomic E-state index is -0.667. The van der Waals surface area contributed by atoms with Crippen LogP contribution >= 0.6 is 34.8 Å². The van der Waals surface area contributed by atoms with Crippen molar-refractivity contribution < 1.29 is 0 Å². The lowest BCUT2D eigenvalue weighted by molar-refractivity contribution is 0.982. The van der Waals surface area contributed by atoms with Gasteiger partial charge in [0.1, 0.15) is 5.03 Å². The lowest BCUT2D eigenvalue weighted by Gasteiger charge is -1.99. The van der Waals surface area contributed by atoms with E-state index in [1.165, 1.54) is 0 Å². The fraction of sp³-hybridized carbons (Fsp3) is 0.250. The molecule has 0 radical (unpaired) electrons. The van der Waals surface area contributed by atoms with Gasteiger partial charge in [-0.1, -0.05) is 34.8 Å². The second-order valence-electron chi connectivity index (χ2n) is 1.29. The van der Waals surface area contributed by atoms with Crippen LogP contribution in [0.4, 0.5) is 0 Å². The van der Waals surface area contributed by atoms with E-state index in [2.05, 4.69) is 15.9 Å². The molecule has 0 aliphatic carbocycles. The Balaban J connectivity index is 2.99. The summed E-state index contributed by atoms with van der Waals surface area (Å²) in [7, 11) is 0. The third-order valence-electron chi connectivity index (χ3n) is 0.670. The van der Waals surface area contributed by atoms with E-state index in [-0.39, 0.29) is 10.2 Å². The van der Waals surface area contributed by atoms with Crippen molar-refractivity contribution in [2.24, 2.45) is 9.98 Å². The van der Waals surface area contributed by atoms with Crippen LogP contribution in [0.25, 0.3) is 0 Å². The molecule has 0 aromatic heterocycles. The van der Waals surface area contributed by atoms with Crippen LogP contribution in [0.15, 0.2) is 15.0 Å². The molecule has 0 saturated heterocycles. The molecule has 0 saturated carbocycles. The third-order valence-corrected chi connectivity index (χ3v) is 1.51. The molecule has 5 heteroatoms. The molecular weight excluding hydrogens is 182 g/mol. The molecule has 1 unspecified atom stereocenters. The highest BCUT2D eigenvalue weighted by molar-refractivity contribution is 6.77. The maximum atomic E-state index is 5.44. The molecule has 1 heterocycles. The Morgan fingerprint density at radius 1 is 1.44 bits per heavy atom. The molecule has 0 spiro atoms. The molecule has 0 N–H and O–H groups in total. The summed E-state index contributed by atoms with van der Waals surface area (Å²) in [6.07, 6.45) is 0. The number of hydrogen-bond donors (Lipinski definition) is 0. The van der Waals surface area contributed by atoms with Crippen molar-refractivity contribution in [3.8, 4) is 0 Å². The van der Waals surface area contributed by atoms with Crippen LogP contribution in [-0.2, 0) is 0 Å². The Bertz CT molecular complexity index is 214. The van der Waals surface area contributed by atoms with Crippen LogP contribution in [0.3, 0.4) is 0 Å². The van der Waals surface area contributed by atoms with Gasteiger partial charge in [0.05, 0.1) is 0 Å². The molecule has 9 heavy (non-hydrogen) atoms. The summed E-state index contributed by atoms with van der Waals surface area (Å²) < 4.78 is 0. The molecule has 1 aliphatic heterocycles. The zero-order valence-electron chi connectivity index (χ0n) is 4.11. The third kappa shape index (κ3) is 1.70. The second kappa shape index (κ2) is 2.72. The summed E-state index contributed by atoms with van der Waals surface area (Å²) in [6, 6.07) is 0.